The number of hydrogen-bond acceptors (Lipinski definition) is 6. The second-order valence-electron chi connectivity index (χ2n) is 4.84. The summed E-state index contributed by atoms with van der Waals surface area (Å²) in [7, 11) is 0. The van der Waals surface area contributed by atoms with Gasteiger partial charge in [-0.2, -0.15) is 0 Å². The fourth-order valence-corrected chi connectivity index (χ4v) is 2.65. The van der Waals surface area contributed by atoms with E-state index < -0.39 is 0 Å². The zero-order valence-electron chi connectivity index (χ0n) is 11.8. The highest BCUT2D eigenvalue weighted by molar-refractivity contribution is 7.98. The van der Waals surface area contributed by atoms with Gasteiger partial charge in [-0.1, -0.05) is 0 Å². The largest absolute Gasteiger partial charge is 0.379 e. The maximum atomic E-state index is 5.47. The number of thioether (sulfide) groups is 1. The van der Waals surface area contributed by atoms with E-state index in [-0.39, 0.29) is 0 Å². The fourth-order valence-electron chi connectivity index (χ4n) is 2.30. The third kappa shape index (κ3) is 4.06. The highest BCUT2D eigenvalue weighted by atomic mass is 32.2. The Hall–Kier alpha value is -0.850. The molecule has 1 aliphatic rings. The fraction of sp³-hybridized carbons (Fsp3) is 0.692. The Morgan fingerprint density at radius 3 is 3.16 bits per heavy atom. The molecule has 0 aromatic carbocycles. The van der Waals surface area contributed by atoms with Gasteiger partial charge in [0.25, 0.3) is 0 Å². The van der Waals surface area contributed by atoms with Crippen LogP contribution in [0.5, 0.6) is 0 Å². The molecule has 106 valence electrons. The average molecular weight is 282 g/mol. The van der Waals surface area contributed by atoms with E-state index in [1.54, 1.807) is 24.2 Å². The van der Waals surface area contributed by atoms with Crippen LogP contribution < -0.4 is 5.32 Å². The van der Waals surface area contributed by atoms with Crippen LogP contribution >= 0.6 is 11.8 Å². The smallest absolute Gasteiger partial charge is 0.145 e. The monoisotopic (exact) mass is 282 g/mol. The van der Waals surface area contributed by atoms with Gasteiger partial charge < -0.3 is 10.1 Å². The summed E-state index contributed by atoms with van der Waals surface area (Å²) in [5, 5.41) is 4.31. The van der Waals surface area contributed by atoms with Gasteiger partial charge in [0.05, 0.1) is 25.6 Å². The van der Waals surface area contributed by atoms with Crippen molar-refractivity contribution in [3.8, 4) is 0 Å². The number of hydrogen-bond donors (Lipinski definition) is 1. The van der Waals surface area contributed by atoms with Crippen molar-refractivity contribution in [2.75, 3.05) is 37.9 Å². The molecule has 0 bridgehead atoms. The van der Waals surface area contributed by atoms with Crippen LogP contribution in [0.4, 0.5) is 5.82 Å². The summed E-state index contributed by atoms with van der Waals surface area (Å²) >= 11 is 1.61. The van der Waals surface area contributed by atoms with Crippen LogP contribution in [0, 0.1) is 0 Å². The molecule has 0 aliphatic carbocycles. The quantitative estimate of drug-likeness (QED) is 0.830. The predicted octanol–water partition coefficient (Wildman–Crippen LogP) is 1.72. The van der Waals surface area contributed by atoms with Crippen LogP contribution in [0.1, 0.15) is 13.8 Å². The van der Waals surface area contributed by atoms with E-state index in [0.29, 0.717) is 12.1 Å². The Labute approximate surface area is 119 Å². The number of ether oxygens (including phenoxy) is 1. The maximum Gasteiger partial charge on any atom is 0.145 e. The second-order valence-corrected chi connectivity index (χ2v) is 5.66. The zero-order valence-corrected chi connectivity index (χ0v) is 12.6. The lowest BCUT2D eigenvalue weighted by Gasteiger charge is -2.37. The second kappa shape index (κ2) is 7.07. The van der Waals surface area contributed by atoms with Crippen LogP contribution in [0.2, 0.25) is 0 Å². The summed E-state index contributed by atoms with van der Waals surface area (Å²) in [6, 6.07) is 0.938. The molecular weight excluding hydrogens is 260 g/mol. The maximum absolute atomic E-state index is 5.47. The first kappa shape index (κ1) is 14.6. The van der Waals surface area contributed by atoms with E-state index >= 15 is 0 Å². The van der Waals surface area contributed by atoms with Crippen LogP contribution in [0.15, 0.2) is 17.4 Å². The molecule has 2 rings (SSSR count). The number of nitrogens with one attached hydrogen (secondary N) is 1. The van der Waals surface area contributed by atoms with E-state index in [9.17, 15) is 0 Å². The molecule has 0 spiro atoms. The number of rotatable bonds is 5. The predicted molar refractivity (Wildman–Crippen MR) is 78.8 cm³/mol. The lowest BCUT2D eigenvalue weighted by molar-refractivity contribution is -0.0159. The molecule has 19 heavy (non-hydrogen) atoms. The van der Waals surface area contributed by atoms with E-state index in [1.807, 2.05) is 6.26 Å². The van der Waals surface area contributed by atoms with Gasteiger partial charge in [0, 0.05) is 25.2 Å². The summed E-state index contributed by atoms with van der Waals surface area (Å²) in [6.07, 6.45) is 5.56. The van der Waals surface area contributed by atoms with Crippen molar-refractivity contribution in [3.63, 3.8) is 0 Å². The average Bonchev–Trinajstić information content (AvgIpc) is 2.45. The van der Waals surface area contributed by atoms with Crippen LogP contribution in [0.3, 0.4) is 0 Å². The molecule has 2 unspecified atom stereocenters. The molecular formula is C13H22N4OS. The number of nitrogens with zero attached hydrogens (tertiary/aromatic N) is 3. The molecule has 1 aliphatic heterocycles. The molecule has 1 N–H and O–H groups in total. The van der Waals surface area contributed by atoms with E-state index in [2.05, 4.69) is 34.0 Å². The SMILES string of the molecule is CSc1cncc(NCC(C)N2CCOCC2C)n1. The minimum Gasteiger partial charge on any atom is -0.379 e. The standard InChI is InChI=1S/C13H22N4OS/c1-10(17-4-5-18-9-11(17)2)6-15-12-7-14-8-13(16-12)19-3/h7-8,10-11H,4-6,9H2,1-3H3,(H,15,16). The summed E-state index contributed by atoms with van der Waals surface area (Å²) in [5.41, 5.74) is 0. The third-order valence-electron chi connectivity index (χ3n) is 3.39. The number of morpholine rings is 1. The van der Waals surface area contributed by atoms with Crippen molar-refractivity contribution >= 4 is 17.6 Å². The van der Waals surface area contributed by atoms with Gasteiger partial charge in [-0.3, -0.25) is 9.88 Å². The summed E-state index contributed by atoms with van der Waals surface area (Å²) in [6.45, 7) is 7.98. The molecule has 2 heterocycles. The lowest BCUT2D eigenvalue weighted by Crippen LogP contribution is -2.50. The van der Waals surface area contributed by atoms with Gasteiger partial charge in [0.1, 0.15) is 10.8 Å². The molecule has 6 heteroatoms. The molecule has 0 amide bonds. The Balaban J connectivity index is 1.86. The Morgan fingerprint density at radius 1 is 1.58 bits per heavy atom. The minimum atomic E-state index is 0.457. The molecule has 1 aromatic rings. The van der Waals surface area contributed by atoms with Crippen molar-refractivity contribution < 1.29 is 4.74 Å². The lowest BCUT2D eigenvalue weighted by atomic mass is 10.2. The van der Waals surface area contributed by atoms with Crippen molar-refractivity contribution in [2.24, 2.45) is 0 Å². The first-order valence-corrected chi connectivity index (χ1v) is 7.86. The number of anilines is 1. The topological polar surface area (TPSA) is 50.3 Å². The number of aromatic nitrogens is 2. The highest BCUT2D eigenvalue weighted by Gasteiger charge is 2.23. The highest BCUT2D eigenvalue weighted by Crippen LogP contribution is 2.14. The van der Waals surface area contributed by atoms with Gasteiger partial charge in [0.2, 0.25) is 0 Å². The summed E-state index contributed by atoms with van der Waals surface area (Å²) in [4.78, 5) is 11.1. The van der Waals surface area contributed by atoms with Crippen LogP contribution in [-0.2, 0) is 4.74 Å². The van der Waals surface area contributed by atoms with Gasteiger partial charge in [-0.15, -0.1) is 11.8 Å². The Bertz CT molecular complexity index is 404. The summed E-state index contributed by atoms with van der Waals surface area (Å²) < 4.78 is 5.47. The van der Waals surface area contributed by atoms with Gasteiger partial charge in [-0.25, -0.2) is 4.98 Å². The zero-order chi connectivity index (χ0) is 13.7. The molecule has 0 radical (unpaired) electrons. The van der Waals surface area contributed by atoms with Crippen molar-refractivity contribution in [1.29, 1.82) is 0 Å². The van der Waals surface area contributed by atoms with Gasteiger partial charge >= 0.3 is 0 Å². The van der Waals surface area contributed by atoms with E-state index in [1.165, 1.54) is 0 Å². The van der Waals surface area contributed by atoms with Crippen LogP contribution in [0.25, 0.3) is 0 Å². The van der Waals surface area contributed by atoms with Gasteiger partial charge in [0.15, 0.2) is 0 Å². The van der Waals surface area contributed by atoms with Crippen molar-refractivity contribution in [3.05, 3.63) is 12.4 Å². The Kier molecular flexibility index (Phi) is 5.42. The normalized spacial score (nSPS) is 22.2. The first-order valence-electron chi connectivity index (χ1n) is 6.64. The molecule has 0 saturated carbocycles. The molecule has 1 saturated heterocycles. The van der Waals surface area contributed by atoms with Crippen molar-refractivity contribution in [1.82, 2.24) is 14.9 Å². The van der Waals surface area contributed by atoms with E-state index in [4.69, 9.17) is 4.74 Å². The molecule has 2 atom stereocenters. The first-order chi connectivity index (χ1) is 9.20. The Morgan fingerprint density at radius 2 is 2.42 bits per heavy atom. The van der Waals surface area contributed by atoms with E-state index in [0.717, 1.165) is 37.1 Å². The van der Waals surface area contributed by atoms with Gasteiger partial charge in [-0.05, 0) is 20.1 Å². The van der Waals surface area contributed by atoms with Crippen LogP contribution in [-0.4, -0.2) is 59.5 Å². The molecule has 1 fully saturated rings. The molecule has 1 aromatic heterocycles. The molecule has 5 nitrogen and oxygen atoms in total. The van der Waals surface area contributed by atoms with Crippen molar-refractivity contribution in [2.45, 2.75) is 31.0 Å². The summed E-state index contributed by atoms with van der Waals surface area (Å²) in [5.74, 6) is 0.847. The minimum absolute atomic E-state index is 0.457. The third-order valence-corrected chi connectivity index (χ3v) is 4.00.